The third-order valence-electron chi connectivity index (χ3n) is 3.24. The Labute approximate surface area is 116 Å². The Morgan fingerprint density at radius 2 is 2.05 bits per heavy atom. The molecule has 0 bridgehead atoms. The molecule has 0 aliphatic rings. The second-order valence-corrected chi connectivity index (χ2v) is 6.47. The number of hydrogen-bond donors (Lipinski definition) is 1. The van der Waals surface area contributed by atoms with E-state index in [0.29, 0.717) is 6.54 Å². The summed E-state index contributed by atoms with van der Waals surface area (Å²) in [4.78, 5) is 4.17. The Hall–Kier alpha value is -1.46. The summed E-state index contributed by atoms with van der Waals surface area (Å²) >= 11 is 0. The summed E-state index contributed by atoms with van der Waals surface area (Å²) < 4.78 is 13.5. The van der Waals surface area contributed by atoms with Crippen LogP contribution in [0.15, 0.2) is 42.9 Å². The highest BCUT2D eigenvalue weighted by Crippen LogP contribution is 2.19. The standard InChI is InChI=1S/C14H19N3OS/c1-11(19(2)18)9-17-10-16-8-13(17)14(15)12-6-4-3-5-7-12/h3-8,10-11,14H,9,15H2,1-2H3. The Balaban J connectivity index is 2.22. The summed E-state index contributed by atoms with van der Waals surface area (Å²) in [7, 11) is -0.850. The lowest BCUT2D eigenvalue weighted by Gasteiger charge is -2.17. The Bertz CT molecular complexity index is 553. The van der Waals surface area contributed by atoms with E-state index < -0.39 is 10.8 Å². The van der Waals surface area contributed by atoms with Crippen molar-refractivity contribution in [1.82, 2.24) is 9.55 Å². The zero-order valence-corrected chi connectivity index (χ0v) is 12.0. The predicted molar refractivity (Wildman–Crippen MR) is 78.2 cm³/mol. The molecule has 3 atom stereocenters. The average molecular weight is 277 g/mol. The molecule has 2 N–H and O–H groups in total. The summed E-state index contributed by atoms with van der Waals surface area (Å²) in [6.07, 6.45) is 5.25. The van der Waals surface area contributed by atoms with Gasteiger partial charge in [0.05, 0.1) is 24.3 Å². The molecular formula is C14H19N3OS. The Morgan fingerprint density at radius 1 is 1.37 bits per heavy atom. The molecule has 2 rings (SSSR count). The largest absolute Gasteiger partial charge is 0.332 e. The summed E-state index contributed by atoms with van der Waals surface area (Å²) in [5.74, 6) is 0. The number of rotatable bonds is 5. The lowest BCUT2D eigenvalue weighted by Crippen LogP contribution is -2.22. The van der Waals surface area contributed by atoms with Gasteiger partial charge in [0.15, 0.2) is 0 Å². The van der Waals surface area contributed by atoms with E-state index in [2.05, 4.69) is 4.98 Å². The van der Waals surface area contributed by atoms with Gasteiger partial charge in [-0.2, -0.15) is 0 Å². The van der Waals surface area contributed by atoms with Crippen molar-refractivity contribution in [1.29, 1.82) is 0 Å². The minimum absolute atomic E-state index is 0.0796. The van der Waals surface area contributed by atoms with Crippen molar-refractivity contribution < 1.29 is 4.21 Å². The molecule has 102 valence electrons. The van der Waals surface area contributed by atoms with Crippen LogP contribution in [-0.2, 0) is 17.3 Å². The van der Waals surface area contributed by atoms with E-state index in [-0.39, 0.29) is 11.3 Å². The molecule has 2 aromatic rings. The molecule has 1 heterocycles. The first-order chi connectivity index (χ1) is 9.09. The SMILES string of the molecule is CC(Cn1cncc1C(N)c1ccccc1)S(C)=O. The first-order valence-electron chi connectivity index (χ1n) is 6.22. The highest BCUT2D eigenvalue weighted by molar-refractivity contribution is 7.84. The quantitative estimate of drug-likeness (QED) is 0.905. The van der Waals surface area contributed by atoms with Gasteiger partial charge in [0, 0.05) is 28.9 Å². The number of nitrogens with two attached hydrogens (primary N) is 1. The van der Waals surface area contributed by atoms with Crippen molar-refractivity contribution in [2.75, 3.05) is 6.26 Å². The summed E-state index contributed by atoms with van der Waals surface area (Å²) in [6, 6.07) is 9.71. The van der Waals surface area contributed by atoms with Crippen LogP contribution in [0, 0.1) is 0 Å². The molecule has 0 radical (unpaired) electrons. The minimum Gasteiger partial charge on any atom is -0.332 e. The van der Waals surface area contributed by atoms with Crippen molar-refractivity contribution in [3.05, 3.63) is 54.1 Å². The number of nitrogens with zero attached hydrogens (tertiary/aromatic N) is 2. The molecule has 4 nitrogen and oxygen atoms in total. The van der Waals surface area contributed by atoms with E-state index in [0.717, 1.165) is 11.3 Å². The highest BCUT2D eigenvalue weighted by atomic mass is 32.2. The van der Waals surface area contributed by atoms with Crippen molar-refractivity contribution in [2.45, 2.75) is 24.8 Å². The van der Waals surface area contributed by atoms with Crippen LogP contribution in [0.4, 0.5) is 0 Å². The molecule has 3 unspecified atom stereocenters. The van der Waals surface area contributed by atoms with Crippen molar-refractivity contribution in [3.8, 4) is 0 Å². The van der Waals surface area contributed by atoms with Crippen molar-refractivity contribution in [2.24, 2.45) is 5.73 Å². The first-order valence-corrected chi connectivity index (χ1v) is 7.84. The molecular weight excluding hydrogens is 258 g/mol. The maximum atomic E-state index is 11.5. The number of imidazole rings is 1. The van der Waals surface area contributed by atoms with Crippen LogP contribution in [0.1, 0.15) is 24.2 Å². The van der Waals surface area contributed by atoms with Gasteiger partial charge in [-0.1, -0.05) is 30.3 Å². The number of hydrogen-bond acceptors (Lipinski definition) is 3. The van der Waals surface area contributed by atoms with Crippen LogP contribution in [-0.4, -0.2) is 25.3 Å². The molecule has 1 aromatic carbocycles. The fourth-order valence-corrected chi connectivity index (χ4v) is 2.33. The van der Waals surface area contributed by atoms with E-state index in [1.54, 1.807) is 18.8 Å². The number of benzene rings is 1. The van der Waals surface area contributed by atoms with Gasteiger partial charge >= 0.3 is 0 Å². The molecule has 0 fully saturated rings. The molecule has 5 heteroatoms. The molecule has 19 heavy (non-hydrogen) atoms. The van der Waals surface area contributed by atoms with Crippen LogP contribution < -0.4 is 5.73 Å². The molecule has 0 spiro atoms. The fourth-order valence-electron chi connectivity index (χ4n) is 1.96. The van der Waals surface area contributed by atoms with Crippen molar-refractivity contribution in [3.63, 3.8) is 0 Å². The Kier molecular flexibility index (Phi) is 4.50. The third kappa shape index (κ3) is 3.30. The van der Waals surface area contributed by atoms with Crippen molar-refractivity contribution >= 4 is 10.8 Å². The van der Waals surface area contributed by atoms with Crippen LogP contribution in [0.25, 0.3) is 0 Å². The lowest BCUT2D eigenvalue weighted by molar-refractivity contribution is 0.613. The zero-order chi connectivity index (χ0) is 13.8. The summed E-state index contributed by atoms with van der Waals surface area (Å²) in [5, 5.41) is 0.0796. The summed E-state index contributed by atoms with van der Waals surface area (Å²) in [6.45, 7) is 2.63. The second-order valence-electron chi connectivity index (χ2n) is 4.67. The highest BCUT2D eigenvalue weighted by Gasteiger charge is 2.16. The summed E-state index contributed by atoms with van der Waals surface area (Å²) in [5.41, 5.74) is 8.27. The van der Waals surface area contributed by atoms with Crippen LogP contribution in [0.3, 0.4) is 0 Å². The second kappa shape index (κ2) is 6.12. The molecule has 0 aliphatic carbocycles. The predicted octanol–water partition coefficient (Wildman–Crippen LogP) is 1.70. The topological polar surface area (TPSA) is 60.9 Å². The smallest absolute Gasteiger partial charge is 0.0949 e. The maximum Gasteiger partial charge on any atom is 0.0949 e. The fraction of sp³-hybridized carbons (Fsp3) is 0.357. The normalized spacial score (nSPS) is 15.9. The molecule has 0 aliphatic heterocycles. The third-order valence-corrected chi connectivity index (χ3v) is 4.52. The van der Waals surface area contributed by atoms with Gasteiger partial charge in [0.2, 0.25) is 0 Å². The van der Waals surface area contributed by atoms with Gasteiger partial charge in [-0.05, 0) is 12.5 Å². The first kappa shape index (κ1) is 14.0. The maximum absolute atomic E-state index is 11.5. The lowest BCUT2D eigenvalue weighted by atomic mass is 10.1. The van der Waals surface area contributed by atoms with Gasteiger partial charge in [0.25, 0.3) is 0 Å². The van der Waals surface area contributed by atoms with Gasteiger partial charge < -0.3 is 10.3 Å². The van der Waals surface area contributed by atoms with E-state index in [1.165, 1.54) is 0 Å². The molecule has 0 saturated heterocycles. The van der Waals surface area contributed by atoms with E-state index in [1.807, 2.05) is 41.8 Å². The number of aromatic nitrogens is 2. The molecule has 0 amide bonds. The minimum atomic E-state index is -0.850. The zero-order valence-electron chi connectivity index (χ0n) is 11.2. The van der Waals surface area contributed by atoms with Crippen LogP contribution >= 0.6 is 0 Å². The van der Waals surface area contributed by atoms with Gasteiger partial charge in [-0.15, -0.1) is 0 Å². The van der Waals surface area contributed by atoms with Gasteiger partial charge in [-0.25, -0.2) is 4.98 Å². The van der Waals surface area contributed by atoms with Gasteiger partial charge in [0.1, 0.15) is 0 Å². The molecule has 0 saturated carbocycles. The Morgan fingerprint density at radius 3 is 2.68 bits per heavy atom. The van der Waals surface area contributed by atoms with E-state index in [4.69, 9.17) is 5.73 Å². The van der Waals surface area contributed by atoms with Gasteiger partial charge in [-0.3, -0.25) is 4.21 Å². The van der Waals surface area contributed by atoms with Crippen LogP contribution in [0.5, 0.6) is 0 Å². The van der Waals surface area contributed by atoms with Crippen LogP contribution in [0.2, 0.25) is 0 Å². The molecule has 1 aromatic heterocycles. The monoisotopic (exact) mass is 277 g/mol. The average Bonchev–Trinajstić information content (AvgIpc) is 2.87. The van der Waals surface area contributed by atoms with E-state index >= 15 is 0 Å². The van der Waals surface area contributed by atoms with E-state index in [9.17, 15) is 4.21 Å².